The van der Waals surface area contributed by atoms with Crippen LogP contribution in [0.5, 0.6) is 6.01 Å². The first-order valence-corrected chi connectivity index (χ1v) is 15.7. The predicted octanol–water partition coefficient (Wildman–Crippen LogP) is 6.27. The summed E-state index contributed by atoms with van der Waals surface area (Å²) in [5.41, 5.74) is 6.29. The van der Waals surface area contributed by atoms with Crippen LogP contribution in [0.1, 0.15) is 35.9 Å². The summed E-state index contributed by atoms with van der Waals surface area (Å²) in [6.45, 7) is 0.763. The number of nitrogens with two attached hydrogens (primary N) is 1. The van der Waals surface area contributed by atoms with Gasteiger partial charge in [0.15, 0.2) is 5.82 Å². The molecule has 4 aromatic rings. The highest BCUT2D eigenvalue weighted by atomic mass is 35.5. The van der Waals surface area contributed by atoms with Crippen molar-refractivity contribution in [2.24, 2.45) is 5.41 Å². The van der Waals surface area contributed by atoms with E-state index in [1.807, 2.05) is 6.07 Å². The summed E-state index contributed by atoms with van der Waals surface area (Å²) in [4.78, 5) is 12.7. The summed E-state index contributed by atoms with van der Waals surface area (Å²) in [7, 11) is 0. The second-order valence-corrected chi connectivity index (χ2v) is 13.6. The summed E-state index contributed by atoms with van der Waals surface area (Å²) in [6.07, 6.45) is 2.77. The average Bonchev–Trinajstić information content (AvgIpc) is 3.55. The zero-order valence-electron chi connectivity index (χ0n) is 27.0. The van der Waals surface area contributed by atoms with E-state index in [1.165, 1.54) is 16.2 Å². The molecule has 2 aromatic carbocycles. The first-order chi connectivity index (χ1) is 22.4. The Bertz CT molecular complexity index is 1970. The summed E-state index contributed by atoms with van der Waals surface area (Å²) in [6, 6.07) is 9.45. The lowest BCUT2D eigenvalue weighted by molar-refractivity contribution is 0.109. The van der Waals surface area contributed by atoms with Crippen molar-refractivity contribution in [1.82, 2.24) is 20.2 Å². The molecule has 3 fully saturated rings. The van der Waals surface area contributed by atoms with Gasteiger partial charge in [0.1, 0.15) is 29.0 Å². The van der Waals surface area contributed by atoms with Gasteiger partial charge in [0.2, 0.25) is 0 Å². The second kappa shape index (κ2) is 11.1. The third kappa shape index (κ3) is 4.85. The van der Waals surface area contributed by atoms with Crippen molar-refractivity contribution in [3.8, 4) is 23.2 Å². The molecule has 3 aliphatic heterocycles. The Morgan fingerprint density at radius 1 is 1.34 bits per heavy atom. The molecule has 8 nitrogen and oxygen atoms in total. The van der Waals surface area contributed by atoms with E-state index in [4.69, 9.17) is 31.2 Å². The van der Waals surface area contributed by atoms with Gasteiger partial charge in [-0.25, -0.2) is 8.78 Å². The number of benzene rings is 2. The van der Waals surface area contributed by atoms with E-state index < -0.39 is 18.2 Å². The highest BCUT2D eigenvalue weighted by molar-refractivity contribution is 7.23. The summed E-state index contributed by atoms with van der Waals surface area (Å²) < 4.78 is 61.6. The van der Waals surface area contributed by atoms with Crippen molar-refractivity contribution in [3.05, 3.63) is 52.6 Å². The Hall–Kier alpha value is -3.56. The molecule has 0 spiro atoms. The number of thiophene rings is 1. The van der Waals surface area contributed by atoms with E-state index in [2.05, 4.69) is 21.3 Å². The normalized spacial score (nSPS) is 26.1. The molecule has 0 aliphatic carbocycles. The van der Waals surface area contributed by atoms with Crippen LogP contribution in [0.3, 0.4) is 0 Å². The molecule has 0 saturated carbocycles. The van der Waals surface area contributed by atoms with E-state index in [1.54, 1.807) is 25.1 Å². The van der Waals surface area contributed by atoms with Crippen LogP contribution in [0.15, 0.2) is 36.2 Å². The van der Waals surface area contributed by atoms with Crippen LogP contribution >= 0.6 is 22.9 Å². The first-order valence-electron chi connectivity index (χ1n) is 16.0. The number of aromatic nitrogens is 2. The quantitative estimate of drug-likeness (QED) is 0.264. The molecule has 0 amide bonds. The van der Waals surface area contributed by atoms with Gasteiger partial charge in [0.05, 0.1) is 16.9 Å². The minimum absolute atomic E-state index is 0.0202. The van der Waals surface area contributed by atoms with Crippen LogP contribution < -0.4 is 20.7 Å². The predicted molar refractivity (Wildman–Crippen MR) is 172 cm³/mol. The van der Waals surface area contributed by atoms with Gasteiger partial charge in [-0.1, -0.05) is 30.7 Å². The number of halogens is 3. The zero-order chi connectivity index (χ0) is 33.2. The van der Waals surface area contributed by atoms with Crippen molar-refractivity contribution < 1.29 is 17.6 Å². The summed E-state index contributed by atoms with van der Waals surface area (Å²) >= 11 is 8.11. The zero-order valence-corrected chi connectivity index (χ0v) is 25.5. The third-order valence-electron chi connectivity index (χ3n) is 9.10. The lowest BCUT2D eigenvalue weighted by atomic mass is 9.78. The minimum Gasteiger partial charge on any atom is -0.462 e. The van der Waals surface area contributed by atoms with Gasteiger partial charge < -0.3 is 25.6 Å². The van der Waals surface area contributed by atoms with Crippen molar-refractivity contribution in [2.45, 2.75) is 38.3 Å². The molecule has 44 heavy (non-hydrogen) atoms. The van der Waals surface area contributed by atoms with Gasteiger partial charge in [-0.2, -0.15) is 15.2 Å². The Labute approximate surface area is 267 Å². The smallest absolute Gasteiger partial charge is 0.319 e. The van der Waals surface area contributed by atoms with E-state index in [0.717, 1.165) is 17.5 Å². The number of rotatable bonds is 5. The van der Waals surface area contributed by atoms with Crippen LogP contribution in [-0.2, 0) is 0 Å². The number of piperazine rings is 1. The molecule has 228 valence electrons. The van der Waals surface area contributed by atoms with Gasteiger partial charge in [0, 0.05) is 68.8 Å². The fourth-order valence-electron chi connectivity index (χ4n) is 6.88. The molecule has 0 radical (unpaired) electrons. The molecule has 5 heterocycles. The number of hydrogen-bond acceptors (Lipinski definition) is 9. The van der Waals surface area contributed by atoms with E-state index in [9.17, 15) is 9.65 Å². The van der Waals surface area contributed by atoms with Crippen LogP contribution in [0.25, 0.3) is 32.1 Å². The van der Waals surface area contributed by atoms with Gasteiger partial charge >= 0.3 is 6.01 Å². The highest BCUT2D eigenvalue weighted by Crippen LogP contribution is 2.45. The van der Waals surface area contributed by atoms with Gasteiger partial charge in [0.25, 0.3) is 0 Å². The fourth-order valence-corrected chi connectivity index (χ4v) is 8.12. The van der Waals surface area contributed by atoms with Crippen LogP contribution in [0.2, 0.25) is 5.02 Å². The summed E-state index contributed by atoms with van der Waals surface area (Å²) in [5.74, 6) is -0.243. The van der Waals surface area contributed by atoms with Crippen molar-refractivity contribution in [3.63, 3.8) is 0 Å². The number of nitriles is 1. The molecule has 0 unspecified atom stereocenters. The van der Waals surface area contributed by atoms with Gasteiger partial charge in [-0.3, -0.25) is 0 Å². The van der Waals surface area contributed by atoms with Crippen molar-refractivity contribution in [2.75, 3.05) is 50.4 Å². The molecule has 3 N–H and O–H groups in total. The molecule has 12 heteroatoms. The fraction of sp³-hybridized carbons (Fsp3) is 0.406. The highest BCUT2D eigenvalue weighted by Gasteiger charge is 2.37. The van der Waals surface area contributed by atoms with Gasteiger partial charge in [-0.15, -0.1) is 11.3 Å². The Morgan fingerprint density at radius 2 is 2.14 bits per heavy atom. The number of hydrogen-bond donors (Lipinski definition) is 2. The number of ether oxygens (including phenoxy) is 1. The molecular weight excluding hydrogens is 604 g/mol. The number of fused-ring (bicyclic) bond motifs is 4. The Balaban J connectivity index is 1.36. The van der Waals surface area contributed by atoms with Crippen LogP contribution in [-0.4, -0.2) is 66.7 Å². The lowest BCUT2D eigenvalue weighted by Crippen LogP contribution is -2.51. The number of likely N-dealkylation sites (tertiary alicyclic amines) is 1. The average molecular weight is 639 g/mol. The minimum atomic E-state index is -2.35. The van der Waals surface area contributed by atoms with E-state index >= 15 is 4.39 Å². The van der Waals surface area contributed by atoms with Crippen LogP contribution in [0, 0.1) is 22.6 Å². The van der Waals surface area contributed by atoms with Crippen molar-refractivity contribution in [1.29, 1.82) is 5.26 Å². The molecule has 7 rings (SSSR count). The number of nitrogens with zero attached hydrogens (tertiary/aromatic N) is 5. The molecule has 2 bridgehead atoms. The Morgan fingerprint density at radius 3 is 2.86 bits per heavy atom. The third-order valence-corrected chi connectivity index (χ3v) is 10.4. The van der Waals surface area contributed by atoms with E-state index in [0.29, 0.717) is 52.1 Å². The monoisotopic (exact) mass is 638 g/mol. The number of anilines is 2. The van der Waals surface area contributed by atoms with Crippen molar-refractivity contribution >= 4 is 54.7 Å². The standard InChI is InChI=1S/C32H32ClF2N7OS/c1-32(15-41(2)9-8-17(32)11-34)16-43-31-39-28-21(30(40-31)42-13-18-6-7-19(14-42)38-18)10-23(33)26(27(28)35)20-4-3-5-24-25(20)22(12-36)29(37)44-24/h3-5,10-11,18-19,38H,6-9,13-16,37H2,1-2H3/b17-11+/t18-,19+,32-/m0/s1/i2D3. The molecule has 3 atom stereocenters. The molecule has 3 aliphatic rings. The first kappa shape index (κ1) is 25.7. The van der Waals surface area contributed by atoms with Gasteiger partial charge in [-0.05, 0) is 49.5 Å². The summed E-state index contributed by atoms with van der Waals surface area (Å²) in [5, 5.41) is 14.8. The van der Waals surface area contributed by atoms with E-state index in [-0.39, 0.29) is 65.9 Å². The SMILES string of the molecule is [2H]C([2H])([2H])N1CC/C(=C\F)[C@](C)(COc2nc(N3C[C@H]4CC[C@@H](C3)N4)c3cc(Cl)c(-c4cccc5sc(N)c(C#N)c45)c(F)c3n2)C1. The number of piperidine rings is 1. The maximum absolute atomic E-state index is 16.9. The maximum atomic E-state index is 16.9. The van der Waals surface area contributed by atoms with Crippen LogP contribution in [0.4, 0.5) is 19.6 Å². The number of nitrogen functional groups attached to an aromatic ring is 1. The number of nitrogens with one attached hydrogen (secondary N) is 1. The lowest BCUT2D eigenvalue weighted by Gasteiger charge is -2.40. The molecule has 2 aromatic heterocycles. The largest absolute Gasteiger partial charge is 0.462 e. The maximum Gasteiger partial charge on any atom is 0.319 e. The Kier molecular flexibility index (Phi) is 6.50. The molecule has 3 saturated heterocycles. The molecular formula is C32H32ClF2N7OS. The second-order valence-electron chi connectivity index (χ2n) is 12.1. The topological polar surface area (TPSA) is 103 Å².